The standard InChI is InChI=1S/C17H17ClN4OS/c1-10-14-8-15(16(23)20-12-5-6-19-9-12)24-17(14)22(21-10)13-4-2-3-11(18)7-13/h2-4,7-8,12,19H,5-6,9H2,1H3,(H,20,23). The Morgan fingerprint density at radius 3 is 3.08 bits per heavy atom. The first-order valence-corrected chi connectivity index (χ1v) is 9.08. The highest BCUT2D eigenvalue weighted by Crippen LogP contribution is 2.31. The van der Waals surface area contributed by atoms with Crippen molar-refractivity contribution in [2.45, 2.75) is 19.4 Å². The van der Waals surface area contributed by atoms with E-state index in [0.29, 0.717) is 9.90 Å². The summed E-state index contributed by atoms with van der Waals surface area (Å²) in [6, 6.07) is 9.71. The molecule has 3 heterocycles. The molecule has 1 aliphatic heterocycles. The molecule has 0 radical (unpaired) electrons. The van der Waals surface area contributed by atoms with Gasteiger partial charge in [-0.25, -0.2) is 4.68 Å². The van der Waals surface area contributed by atoms with Crippen molar-refractivity contribution >= 4 is 39.1 Å². The number of benzene rings is 1. The number of nitrogens with zero attached hydrogens (tertiary/aromatic N) is 2. The van der Waals surface area contributed by atoms with E-state index in [1.807, 2.05) is 41.9 Å². The number of amides is 1. The largest absolute Gasteiger partial charge is 0.347 e. The molecule has 1 aromatic carbocycles. The number of carbonyl (C=O) groups excluding carboxylic acids is 1. The van der Waals surface area contributed by atoms with Gasteiger partial charge in [0.25, 0.3) is 5.91 Å². The second-order valence-corrected chi connectivity index (χ2v) is 7.44. The number of fused-ring (bicyclic) bond motifs is 1. The molecule has 0 bridgehead atoms. The molecule has 1 amide bonds. The molecule has 0 saturated carbocycles. The van der Waals surface area contributed by atoms with Gasteiger partial charge in [-0.3, -0.25) is 4.79 Å². The average molecular weight is 361 g/mol. The predicted octanol–water partition coefficient (Wildman–Crippen LogP) is 3.14. The molecular formula is C17H17ClN4OS. The second kappa shape index (κ2) is 6.20. The Morgan fingerprint density at radius 1 is 1.46 bits per heavy atom. The SMILES string of the molecule is Cc1nn(-c2cccc(Cl)c2)c2sc(C(=O)NC3CCNC3)cc12. The zero-order valence-corrected chi connectivity index (χ0v) is 14.7. The average Bonchev–Trinajstić information content (AvgIpc) is 3.26. The summed E-state index contributed by atoms with van der Waals surface area (Å²) in [5, 5.41) is 12.6. The molecular weight excluding hydrogens is 344 g/mol. The van der Waals surface area contributed by atoms with Gasteiger partial charge in [0.15, 0.2) is 0 Å². The summed E-state index contributed by atoms with van der Waals surface area (Å²) in [6.45, 7) is 3.75. The van der Waals surface area contributed by atoms with Gasteiger partial charge in [0.1, 0.15) is 4.83 Å². The van der Waals surface area contributed by atoms with Crippen molar-refractivity contribution in [2.75, 3.05) is 13.1 Å². The summed E-state index contributed by atoms with van der Waals surface area (Å²) < 4.78 is 1.86. The summed E-state index contributed by atoms with van der Waals surface area (Å²) in [7, 11) is 0. The number of hydrogen-bond donors (Lipinski definition) is 2. The lowest BCUT2D eigenvalue weighted by Gasteiger charge is -2.09. The number of halogens is 1. The normalized spacial score (nSPS) is 17.5. The Balaban J connectivity index is 1.70. The van der Waals surface area contributed by atoms with E-state index < -0.39 is 0 Å². The number of thiophene rings is 1. The van der Waals surface area contributed by atoms with Crippen LogP contribution in [-0.2, 0) is 0 Å². The minimum Gasteiger partial charge on any atom is -0.347 e. The van der Waals surface area contributed by atoms with Crippen LogP contribution >= 0.6 is 22.9 Å². The predicted molar refractivity (Wildman–Crippen MR) is 97.4 cm³/mol. The van der Waals surface area contributed by atoms with Gasteiger partial charge in [0, 0.05) is 23.0 Å². The molecule has 24 heavy (non-hydrogen) atoms. The molecule has 1 aliphatic rings. The van der Waals surface area contributed by atoms with E-state index in [1.165, 1.54) is 11.3 Å². The van der Waals surface area contributed by atoms with Crippen LogP contribution < -0.4 is 10.6 Å². The number of hydrogen-bond acceptors (Lipinski definition) is 4. The third-order valence-electron chi connectivity index (χ3n) is 4.22. The van der Waals surface area contributed by atoms with Gasteiger partial charge in [-0.05, 0) is 44.2 Å². The Morgan fingerprint density at radius 2 is 2.33 bits per heavy atom. The van der Waals surface area contributed by atoms with Gasteiger partial charge in [-0.2, -0.15) is 5.10 Å². The van der Waals surface area contributed by atoms with Crippen LogP contribution in [0.5, 0.6) is 0 Å². The molecule has 1 saturated heterocycles. The van der Waals surface area contributed by atoms with E-state index >= 15 is 0 Å². The molecule has 1 atom stereocenters. The fourth-order valence-electron chi connectivity index (χ4n) is 2.98. The summed E-state index contributed by atoms with van der Waals surface area (Å²) in [5.41, 5.74) is 1.80. The van der Waals surface area contributed by atoms with E-state index in [0.717, 1.165) is 41.1 Å². The molecule has 0 spiro atoms. The lowest BCUT2D eigenvalue weighted by molar-refractivity contribution is 0.0944. The molecule has 1 unspecified atom stereocenters. The van der Waals surface area contributed by atoms with Crippen molar-refractivity contribution in [3.63, 3.8) is 0 Å². The monoisotopic (exact) mass is 360 g/mol. The molecule has 7 heteroatoms. The maximum absolute atomic E-state index is 12.5. The van der Waals surface area contributed by atoms with Gasteiger partial charge >= 0.3 is 0 Å². The van der Waals surface area contributed by atoms with Gasteiger partial charge in [-0.15, -0.1) is 11.3 Å². The van der Waals surface area contributed by atoms with Crippen LogP contribution in [0.15, 0.2) is 30.3 Å². The summed E-state index contributed by atoms with van der Waals surface area (Å²) >= 11 is 7.56. The number of carbonyl (C=O) groups is 1. The summed E-state index contributed by atoms with van der Waals surface area (Å²) in [6.07, 6.45) is 0.978. The molecule has 124 valence electrons. The Hall–Kier alpha value is -1.89. The number of aryl methyl sites for hydroxylation is 1. The van der Waals surface area contributed by atoms with Crippen molar-refractivity contribution in [1.82, 2.24) is 20.4 Å². The van der Waals surface area contributed by atoms with Gasteiger partial charge in [0.05, 0.1) is 16.3 Å². The maximum Gasteiger partial charge on any atom is 0.261 e. The number of rotatable bonds is 3. The highest BCUT2D eigenvalue weighted by molar-refractivity contribution is 7.20. The third-order valence-corrected chi connectivity index (χ3v) is 5.56. The lowest BCUT2D eigenvalue weighted by atomic mass is 10.2. The zero-order chi connectivity index (χ0) is 16.7. The van der Waals surface area contributed by atoms with Gasteiger partial charge in [-0.1, -0.05) is 17.7 Å². The minimum absolute atomic E-state index is 0.0121. The van der Waals surface area contributed by atoms with Crippen LogP contribution in [0.1, 0.15) is 21.8 Å². The third kappa shape index (κ3) is 2.81. The molecule has 4 rings (SSSR count). The van der Waals surface area contributed by atoms with Crippen LogP contribution in [-0.4, -0.2) is 34.8 Å². The quantitative estimate of drug-likeness (QED) is 0.754. The fourth-order valence-corrected chi connectivity index (χ4v) is 4.25. The lowest BCUT2D eigenvalue weighted by Crippen LogP contribution is -2.35. The highest BCUT2D eigenvalue weighted by Gasteiger charge is 2.21. The fraction of sp³-hybridized carbons (Fsp3) is 0.294. The number of nitrogens with one attached hydrogen (secondary N) is 2. The van der Waals surface area contributed by atoms with E-state index in [9.17, 15) is 4.79 Å². The molecule has 0 aliphatic carbocycles. The Labute approximate surface area is 148 Å². The van der Waals surface area contributed by atoms with Crippen molar-refractivity contribution < 1.29 is 4.79 Å². The van der Waals surface area contributed by atoms with E-state index in [4.69, 9.17) is 11.6 Å². The highest BCUT2D eigenvalue weighted by atomic mass is 35.5. The number of aromatic nitrogens is 2. The van der Waals surface area contributed by atoms with Gasteiger partial charge < -0.3 is 10.6 Å². The van der Waals surface area contributed by atoms with Crippen LogP contribution in [0.2, 0.25) is 5.02 Å². The summed E-state index contributed by atoms with van der Waals surface area (Å²) in [5.74, 6) is -0.0121. The first-order valence-electron chi connectivity index (χ1n) is 7.88. The molecule has 5 nitrogen and oxygen atoms in total. The van der Waals surface area contributed by atoms with Crippen LogP contribution in [0.3, 0.4) is 0 Å². The van der Waals surface area contributed by atoms with Crippen LogP contribution in [0.25, 0.3) is 15.9 Å². The van der Waals surface area contributed by atoms with Crippen molar-refractivity contribution in [3.8, 4) is 5.69 Å². The van der Waals surface area contributed by atoms with Crippen molar-refractivity contribution in [2.24, 2.45) is 0 Å². The Kier molecular flexibility index (Phi) is 4.04. The first-order chi connectivity index (χ1) is 11.6. The van der Waals surface area contributed by atoms with Crippen LogP contribution in [0.4, 0.5) is 0 Å². The Bertz CT molecular complexity index is 911. The molecule has 2 aromatic heterocycles. The van der Waals surface area contributed by atoms with Crippen molar-refractivity contribution in [1.29, 1.82) is 0 Å². The summed E-state index contributed by atoms with van der Waals surface area (Å²) in [4.78, 5) is 14.2. The van der Waals surface area contributed by atoms with Crippen molar-refractivity contribution in [3.05, 3.63) is 45.9 Å². The maximum atomic E-state index is 12.5. The van der Waals surface area contributed by atoms with Crippen LogP contribution in [0, 0.1) is 6.92 Å². The first kappa shape index (κ1) is 15.6. The second-order valence-electron chi connectivity index (χ2n) is 5.97. The molecule has 3 aromatic rings. The van der Waals surface area contributed by atoms with E-state index in [-0.39, 0.29) is 11.9 Å². The van der Waals surface area contributed by atoms with Gasteiger partial charge in [0.2, 0.25) is 0 Å². The van der Waals surface area contributed by atoms with E-state index in [1.54, 1.807) is 0 Å². The van der Waals surface area contributed by atoms with E-state index in [2.05, 4.69) is 15.7 Å². The molecule has 1 fully saturated rings. The zero-order valence-electron chi connectivity index (χ0n) is 13.2. The smallest absolute Gasteiger partial charge is 0.261 e. The topological polar surface area (TPSA) is 59.0 Å². The minimum atomic E-state index is -0.0121. The molecule has 2 N–H and O–H groups in total.